The summed E-state index contributed by atoms with van der Waals surface area (Å²) >= 11 is 0. The zero-order chi connectivity index (χ0) is 29.3. The van der Waals surface area contributed by atoms with E-state index in [1.807, 2.05) is 77.1 Å². The quantitative estimate of drug-likeness (QED) is 0.245. The Hall–Kier alpha value is -3.85. The van der Waals surface area contributed by atoms with Crippen molar-refractivity contribution in [3.63, 3.8) is 0 Å². The first-order chi connectivity index (χ1) is 20.3. The van der Waals surface area contributed by atoms with Gasteiger partial charge in [0.15, 0.2) is 0 Å². The number of pyridine rings is 1. The first kappa shape index (κ1) is 28.3. The number of nitrogens with zero attached hydrogens (tertiary/aromatic N) is 4. The van der Waals surface area contributed by atoms with E-state index in [0.717, 1.165) is 35.2 Å². The van der Waals surface area contributed by atoms with E-state index >= 15 is 0 Å². The lowest BCUT2D eigenvalue weighted by atomic mass is 9.78. The minimum atomic E-state index is -2.81. The van der Waals surface area contributed by atoms with Gasteiger partial charge in [0.1, 0.15) is 24.3 Å². The van der Waals surface area contributed by atoms with Gasteiger partial charge in [-0.2, -0.15) is 0 Å². The summed E-state index contributed by atoms with van der Waals surface area (Å²) in [4.78, 5) is 23.7. The summed E-state index contributed by atoms with van der Waals surface area (Å²) in [7, 11) is 0. The number of aryl methyl sites for hydroxylation is 1. The van der Waals surface area contributed by atoms with E-state index in [1.54, 1.807) is 6.20 Å². The summed E-state index contributed by atoms with van der Waals surface area (Å²) in [6.45, 7) is 2.37. The van der Waals surface area contributed by atoms with Crippen molar-refractivity contribution in [3.8, 4) is 5.75 Å². The number of piperidine rings is 1. The fraction of sp³-hybridized carbons (Fsp3) is 0.424. The number of rotatable bonds is 8. The highest BCUT2D eigenvalue weighted by Gasteiger charge is 2.42. The Kier molecular flexibility index (Phi) is 7.94. The molecule has 1 N–H and O–H groups in total. The van der Waals surface area contributed by atoms with Crippen molar-refractivity contribution in [2.24, 2.45) is 5.92 Å². The maximum Gasteiger partial charge on any atom is 0.307 e. The molecule has 2 aromatic carbocycles. The van der Waals surface area contributed by atoms with E-state index in [1.165, 1.54) is 0 Å². The number of carboxylic acid groups (broad SMARTS) is 1. The molecule has 2 fully saturated rings. The van der Waals surface area contributed by atoms with Gasteiger partial charge >= 0.3 is 5.97 Å². The topological polar surface area (TPSA) is 80.5 Å². The molecule has 2 aromatic heterocycles. The number of likely N-dealkylation sites (tertiary alicyclic amines) is 1. The van der Waals surface area contributed by atoms with E-state index in [0.29, 0.717) is 42.9 Å². The molecule has 3 atom stereocenters. The summed E-state index contributed by atoms with van der Waals surface area (Å²) in [5.74, 6) is -3.33. The Labute approximate surface area is 244 Å². The van der Waals surface area contributed by atoms with Crippen LogP contribution in [-0.2, 0) is 11.4 Å². The first-order valence-electron chi connectivity index (χ1n) is 14.7. The average molecular weight is 575 g/mol. The Bertz CT molecular complexity index is 1540. The fourth-order valence-electron chi connectivity index (χ4n) is 6.53. The molecule has 0 radical (unpaired) electrons. The number of halogens is 2. The molecule has 1 aliphatic carbocycles. The van der Waals surface area contributed by atoms with Gasteiger partial charge in [-0.3, -0.25) is 14.7 Å². The lowest BCUT2D eigenvalue weighted by Crippen LogP contribution is -2.46. The SMILES string of the molecule is Cc1ccc(COc2ccc3nc([C@H]4CCCC[C@H]4C(=O)O)n(C(c4ccccc4)N4CCCC(F)(F)C4)c3c2)nc1. The lowest BCUT2D eigenvalue weighted by molar-refractivity contribution is -0.143. The second-order valence-electron chi connectivity index (χ2n) is 11.7. The molecule has 0 bridgehead atoms. The summed E-state index contributed by atoms with van der Waals surface area (Å²) in [5.41, 5.74) is 4.13. The van der Waals surface area contributed by atoms with Gasteiger partial charge in [-0.25, -0.2) is 13.8 Å². The van der Waals surface area contributed by atoms with Crippen molar-refractivity contribution in [1.82, 2.24) is 19.4 Å². The average Bonchev–Trinajstić information content (AvgIpc) is 3.35. The molecule has 9 heteroatoms. The molecule has 42 heavy (non-hydrogen) atoms. The van der Waals surface area contributed by atoms with Gasteiger partial charge in [-0.05, 0) is 55.5 Å². The van der Waals surface area contributed by atoms with Crippen molar-refractivity contribution >= 4 is 17.0 Å². The summed E-state index contributed by atoms with van der Waals surface area (Å²) < 4.78 is 37.9. The highest BCUT2D eigenvalue weighted by atomic mass is 19.3. The van der Waals surface area contributed by atoms with Crippen molar-refractivity contribution in [1.29, 1.82) is 0 Å². The molecule has 1 saturated heterocycles. The van der Waals surface area contributed by atoms with Crippen molar-refractivity contribution in [2.75, 3.05) is 13.1 Å². The van der Waals surface area contributed by atoms with Crippen LogP contribution in [0.2, 0.25) is 0 Å². The molecule has 1 aliphatic heterocycles. The van der Waals surface area contributed by atoms with Gasteiger partial charge in [0.05, 0.1) is 29.2 Å². The van der Waals surface area contributed by atoms with E-state index in [4.69, 9.17) is 9.72 Å². The molecular formula is C33H36F2N4O3. The third-order valence-electron chi connectivity index (χ3n) is 8.57. The third kappa shape index (κ3) is 5.88. The molecule has 3 heterocycles. The number of aromatic nitrogens is 3. The van der Waals surface area contributed by atoms with Crippen LogP contribution in [0.3, 0.4) is 0 Å². The second-order valence-corrected chi connectivity index (χ2v) is 11.7. The zero-order valence-electron chi connectivity index (χ0n) is 23.8. The number of benzene rings is 2. The maximum absolute atomic E-state index is 14.9. The standard InChI is InChI=1S/C33H36F2N4O3/c1-22-12-13-24(36-19-22)20-42-25-14-15-28-29(18-25)39(30(37-28)26-10-5-6-11-27(26)32(40)41)31(23-8-3-2-4-9-23)38-17-7-16-33(34,35)21-38/h2-4,8-9,12-15,18-19,26-27,31H,5-7,10-11,16-17,20-21H2,1H3,(H,40,41)/t26-,27+,31?/m0/s1. The number of hydrogen-bond acceptors (Lipinski definition) is 5. The summed E-state index contributed by atoms with van der Waals surface area (Å²) in [5, 5.41) is 10.2. The molecule has 6 rings (SSSR count). The molecule has 220 valence electrons. The van der Waals surface area contributed by atoms with Gasteiger partial charge < -0.3 is 14.4 Å². The summed E-state index contributed by atoms with van der Waals surface area (Å²) in [6, 6.07) is 19.2. The van der Waals surface area contributed by atoms with Gasteiger partial charge in [0.2, 0.25) is 0 Å². The number of ether oxygens (including phenoxy) is 1. The molecule has 4 aromatic rings. The van der Waals surface area contributed by atoms with Crippen molar-refractivity contribution in [2.45, 2.75) is 70.1 Å². The Morgan fingerprint density at radius 2 is 1.90 bits per heavy atom. The number of aliphatic carboxylic acids is 1. The summed E-state index contributed by atoms with van der Waals surface area (Å²) in [6.07, 6.45) is 4.44. The Morgan fingerprint density at radius 1 is 1.10 bits per heavy atom. The van der Waals surface area contributed by atoms with Gasteiger partial charge in [-0.15, -0.1) is 0 Å². The van der Waals surface area contributed by atoms with Crippen molar-refractivity contribution < 1.29 is 23.4 Å². The van der Waals surface area contributed by atoms with Crippen LogP contribution in [0.1, 0.15) is 73.3 Å². The second kappa shape index (κ2) is 11.8. The molecule has 7 nitrogen and oxygen atoms in total. The number of hydrogen-bond donors (Lipinski definition) is 1. The fourth-order valence-corrected chi connectivity index (χ4v) is 6.53. The highest BCUT2D eigenvalue weighted by Crippen LogP contribution is 2.43. The number of carboxylic acids is 1. The van der Waals surface area contributed by atoms with Crippen LogP contribution in [0, 0.1) is 12.8 Å². The Morgan fingerprint density at radius 3 is 2.64 bits per heavy atom. The molecule has 1 saturated carbocycles. The largest absolute Gasteiger partial charge is 0.487 e. The Balaban J connectivity index is 1.49. The lowest BCUT2D eigenvalue weighted by Gasteiger charge is -2.40. The maximum atomic E-state index is 14.9. The highest BCUT2D eigenvalue weighted by molar-refractivity contribution is 5.79. The minimum Gasteiger partial charge on any atom is -0.487 e. The molecule has 1 unspecified atom stereocenters. The number of fused-ring (bicyclic) bond motifs is 1. The molecule has 2 aliphatic rings. The number of imidazole rings is 1. The number of alkyl halides is 2. The van der Waals surface area contributed by atoms with Crippen LogP contribution in [0.15, 0.2) is 66.9 Å². The van der Waals surface area contributed by atoms with Crippen LogP contribution in [0.25, 0.3) is 11.0 Å². The normalized spacial score (nSPS) is 21.7. The third-order valence-corrected chi connectivity index (χ3v) is 8.57. The first-order valence-corrected chi connectivity index (χ1v) is 14.7. The van der Waals surface area contributed by atoms with Crippen LogP contribution in [0.4, 0.5) is 8.78 Å². The molecule has 0 amide bonds. The van der Waals surface area contributed by atoms with Crippen LogP contribution >= 0.6 is 0 Å². The van der Waals surface area contributed by atoms with Crippen LogP contribution < -0.4 is 4.74 Å². The van der Waals surface area contributed by atoms with Crippen molar-refractivity contribution in [3.05, 3.63) is 89.5 Å². The zero-order valence-corrected chi connectivity index (χ0v) is 23.8. The van der Waals surface area contributed by atoms with E-state index in [2.05, 4.69) is 4.98 Å². The predicted molar refractivity (Wildman–Crippen MR) is 156 cm³/mol. The van der Waals surface area contributed by atoms with E-state index in [-0.39, 0.29) is 25.5 Å². The van der Waals surface area contributed by atoms with Gasteiger partial charge in [0.25, 0.3) is 5.92 Å². The van der Waals surface area contributed by atoms with E-state index < -0.39 is 24.0 Å². The predicted octanol–water partition coefficient (Wildman–Crippen LogP) is 6.96. The number of carbonyl (C=O) groups is 1. The minimum absolute atomic E-state index is 0.142. The van der Waals surface area contributed by atoms with E-state index in [9.17, 15) is 18.7 Å². The van der Waals surface area contributed by atoms with Gasteiger partial charge in [0, 0.05) is 31.1 Å². The smallest absolute Gasteiger partial charge is 0.307 e. The molecular weight excluding hydrogens is 538 g/mol. The van der Waals surface area contributed by atoms with Crippen LogP contribution in [-0.4, -0.2) is 49.5 Å². The molecule has 0 spiro atoms. The monoisotopic (exact) mass is 574 g/mol. The van der Waals surface area contributed by atoms with Gasteiger partial charge in [-0.1, -0.05) is 49.2 Å². The van der Waals surface area contributed by atoms with Crippen LogP contribution in [0.5, 0.6) is 5.75 Å².